The Kier molecular flexibility index (Phi) is 4.75. The summed E-state index contributed by atoms with van der Waals surface area (Å²) in [7, 11) is -3.49. The molecule has 1 aromatic rings. The zero-order valence-electron chi connectivity index (χ0n) is 11.3. The van der Waals surface area contributed by atoms with Gasteiger partial charge in [0.05, 0.1) is 17.6 Å². The van der Waals surface area contributed by atoms with Crippen LogP contribution in [0.25, 0.3) is 0 Å². The third-order valence-electron chi connectivity index (χ3n) is 3.61. The molecule has 1 fully saturated rings. The molecule has 112 valence electrons. The summed E-state index contributed by atoms with van der Waals surface area (Å²) < 4.78 is 56.8. The first-order valence-electron chi connectivity index (χ1n) is 6.68. The van der Waals surface area contributed by atoms with Gasteiger partial charge in [-0.15, -0.1) is 0 Å². The maximum absolute atomic E-state index is 13.8. The molecule has 3 nitrogen and oxygen atoms in total. The molecule has 6 heteroatoms. The van der Waals surface area contributed by atoms with Gasteiger partial charge in [-0.2, -0.15) is 0 Å². The number of sulfone groups is 1. The molecule has 1 aliphatic rings. The van der Waals surface area contributed by atoms with E-state index >= 15 is 0 Å². The lowest BCUT2D eigenvalue weighted by atomic mass is 10.1. The normalized spacial score (nSPS) is 21.1. The van der Waals surface area contributed by atoms with Crippen molar-refractivity contribution >= 4 is 9.84 Å². The molecule has 0 saturated carbocycles. The molecular formula is C14H18F2O3S. The Bertz CT molecular complexity index is 566. The highest BCUT2D eigenvalue weighted by molar-refractivity contribution is 7.91. The summed E-state index contributed by atoms with van der Waals surface area (Å²) in [6.07, 6.45) is 0.972. The van der Waals surface area contributed by atoms with Crippen molar-refractivity contribution < 1.29 is 21.9 Å². The molecule has 2 atom stereocenters. The van der Waals surface area contributed by atoms with Gasteiger partial charge >= 0.3 is 0 Å². The molecule has 20 heavy (non-hydrogen) atoms. The van der Waals surface area contributed by atoms with Crippen LogP contribution >= 0.6 is 0 Å². The van der Waals surface area contributed by atoms with Crippen LogP contribution in [-0.4, -0.2) is 27.4 Å². The Morgan fingerprint density at radius 3 is 2.70 bits per heavy atom. The smallest absolute Gasteiger partial charge is 0.157 e. The fourth-order valence-corrected chi connectivity index (χ4v) is 4.83. The Hall–Kier alpha value is -1.01. The van der Waals surface area contributed by atoms with Gasteiger partial charge in [0, 0.05) is 18.2 Å². The highest BCUT2D eigenvalue weighted by atomic mass is 32.2. The largest absolute Gasteiger partial charge is 0.381 e. The number of benzene rings is 1. The third kappa shape index (κ3) is 3.35. The monoisotopic (exact) mass is 304 g/mol. The minimum Gasteiger partial charge on any atom is -0.381 e. The van der Waals surface area contributed by atoms with Gasteiger partial charge in [0.25, 0.3) is 0 Å². The van der Waals surface area contributed by atoms with Crippen LogP contribution in [0.2, 0.25) is 0 Å². The second-order valence-electron chi connectivity index (χ2n) is 5.12. The average Bonchev–Trinajstić information content (AvgIpc) is 2.84. The van der Waals surface area contributed by atoms with Gasteiger partial charge in [0.2, 0.25) is 0 Å². The molecule has 0 bridgehead atoms. The first-order chi connectivity index (χ1) is 9.44. The van der Waals surface area contributed by atoms with Crippen molar-refractivity contribution in [3.63, 3.8) is 0 Å². The Morgan fingerprint density at radius 2 is 2.15 bits per heavy atom. The van der Waals surface area contributed by atoms with Crippen molar-refractivity contribution in [2.45, 2.75) is 25.0 Å². The lowest BCUT2D eigenvalue weighted by molar-refractivity contribution is 0.188. The van der Waals surface area contributed by atoms with E-state index in [0.717, 1.165) is 12.1 Å². The summed E-state index contributed by atoms with van der Waals surface area (Å²) in [5.74, 6) is -1.55. The van der Waals surface area contributed by atoms with Crippen molar-refractivity contribution in [3.05, 3.63) is 35.4 Å². The highest BCUT2D eigenvalue weighted by Crippen LogP contribution is 2.31. The fraction of sp³-hybridized carbons (Fsp3) is 0.571. The van der Waals surface area contributed by atoms with Crippen molar-refractivity contribution in [1.29, 1.82) is 0 Å². The number of halogens is 2. The quantitative estimate of drug-likeness (QED) is 0.840. The minimum absolute atomic E-state index is 0.0116. The first kappa shape index (κ1) is 15.4. The molecule has 1 aromatic carbocycles. The van der Waals surface area contributed by atoms with Crippen LogP contribution in [-0.2, 0) is 14.6 Å². The first-order valence-corrected chi connectivity index (χ1v) is 8.40. The predicted molar refractivity (Wildman–Crippen MR) is 72.1 cm³/mol. The molecule has 1 saturated heterocycles. The van der Waals surface area contributed by atoms with E-state index in [4.69, 9.17) is 4.74 Å². The lowest BCUT2D eigenvalue weighted by Crippen LogP contribution is -2.23. The van der Waals surface area contributed by atoms with Gasteiger partial charge in [0.15, 0.2) is 9.84 Å². The minimum atomic E-state index is -3.49. The molecule has 0 amide bonds. The average molecular weight is 304 g/mol. The molecule has 1 heterocycles. The van der Waals surface area contributed by atoms with Gasteiger partial charge < -0.3 is 4.74 Å². The number of hydrogen-bond donors (Lipinski definition) is 0. The zero-order chi connectivity index (χ0) is 14.8. The predicted octanol–water partition coefficient (Wildman–Crippen LogP) is 2.87. The second-order valence-corrected chi connectivity index (χ2v) is 7.35. The van der Waals surface area contributed by atoms with Crippen molar-refractivity contribution in [3.8, 4) is 0 Å². The van der Waals surface area contributed by atoms with Crippen molar-refractivity contribution in [2.75, 3.05) is 19.0 Å². The van der Waals surface area contributed by atoms with E-state index < -0.39 is 26.7 Å². The SMILES string of the molecule is CCC(c1ccc(F)cc1F)S(=O)(=O)CC1CCOC1. The van der Waals surface area contributed by atoms with Crippen LogP contribution in [0.3, 0.4) is 0 Å². The molecule has 2 rings (SSSR count). The molecule has 1 aliphatic heterocycles. The van der Waals surface area contributed by atoms with Gasteiger partial charge in [0.1, 0.15) is 11.6 Å². The molecular weight excluding hydrogens is 286 g/mol. The third-order valence-corrected chi connectivity index (χ3v) is 6.00. The maximum atomic E-state index is 13.8. The summed E-state index contributed by atoms with van der Waals surface area (Å²) in [4.78, 5) is 0. The highest BCUT2D eigenvalue weighted by Gasteiger charge is 2.32. The molecule has 0 spiro atoms. The van der Waals surface area contributed by atoms with E-state index in [0.29, 0.717) is 19.6 Å². The van der Waals surface area contributed by atoms with Gasteiger partial charge in [-0.1, -0.05) is 13.0 Å². The zero-order valence-corrected chi connectivity index (χ0v) is 12.1. The van der Waals surface area contributed by atoms with Gasteiger partial charge in [-0.3, -0.25) is 0 Å². The Morgan fingerprint density at radius 1 is 1.40 bits per heavy atom. The van der Waals surface area contributed by atoms with Crippen molar-refractivity contribution in [1.82, 2.24) is 0 Å². The van der Waals surface area contributed by atoms with Crippen LogP contribution in [0.4, 0.5) is 8.78 Å². The van der Waals surface area contributed by atoms with Crippen LogP contribution in [0, 0.1) is 17.6 Å². The Balaban J connectivity index is 2.25. The summed E-state index contributed by atoms with van der Waals surface area (Å²) in [6, 6.07) is 3.04. The van der Waals surface area contributed by atoms with Gasteiger partial charge in [-0.25, -0.2) is 17.2 Å². The van der Waals surface area contributed by atoms with E-state index in [9.17, 15) is 17.2 Å². The summed E-state index contributed by atoms with van der Waals surface area (Å²) in [5.41, 5.74) is 0.0489. The van der Waals surface area contributed by atoms with E-state index in [-0.39, 0.29) is 23.7 Å². The van der Waals surface area contributed by atoms with Gasteiger partial charge in [-0.05, 0) is 24.8 Å². The van der Waals surface area contributed by atoms with E-state index in [1.165, 1.54) is 6.07 Å². The lowest BCUT2D eigenvalue weighted by Gasteiger charge is -2.19. The standard InChI is InChI=1S/C14H18F2O3S/c1-2-14(12-4-3-11(15)7-13(12)16)20(17,18)9-10-5-6-19-8-10/h3-4,7,10,14H,2,5-6,8-9H2,1H3. The summed E-state index contributed by atoms with van der Waals surface area (Å²) in [6.45, 7) is 2.69. The van der Waals surface area contributed by atoms with Crippen LogP contribution < -0.4 is 0 Å². The van der Waals surface area contributed by atoms with Crippen LogP contribution in [0.5, 0.6) is 0 Å². The number of ether oxygens (including phenoxy) is 1. The van der Waals surface area contributed by atoms with Crippen LogP contribution in [0.15, 0.2) is 18.2 Å². The molecule has 0 radical (unpaired) electrons. The van der Waals surface area contributed by atoms with E-state index in [1.54, 1.807) is 6.92 Å². The summed E-state index contributed by atoms with van der Waals surface area (Å²) >= 11 is 0. The molecule has 2 unspecified atom stereocenters. The summed E-state index contributed by atoms with van der Waals surface area (Å²) in [5, 5.41) is -0.927. The fourth-order valence-electron chi connectivity index (χ4n) is 2.59. The maximum Gasteiger partial charge on any atom is 0.157 e. The second kappa shape index (κ2) is 6.18. The number of hydrogen-bond acceptors (Lipinski definition) is 3. The Labute approximate surface area is 117 Å². The topological polar surface area (TPSA) is 43.4 Å². The van der Waals surface area contributed by atoms with Crippen LogP contribution in [0.1, 0.15) is 30.6 Å². The van der Waals surface area contributed by atoms with E-state index in [1.807, 2.05) is 0 Å². The number of rotatable bonds is 5. The van der Waals surface area contributed by atoms with Crippen molar-refractivity contribution in [2.24, 2.45) is 5.92 Å². The van der Waals surface area contributed by atoms with E-state index in [2.05, 4.69) is 0 Å². The molecule has 0 aromatic heterocycles. The molecule has 0 aliphatic carbocycles. The molecule has 0 N–H and O–H groups in total.